The van der Waals surface area contributed by atoms with Gasteiger partial charge in [-0.3, -0.25) is 4.39 Å². The van der Waals surface area contributed by atoms with Crippen molar-refractivity contribution in [3.8, 4) is 5.75 Å². The Balaban J connectivity index is 1.86. The first-order valence-electron chi connectivity index (χ1n) is 7.56. The van der Waals surface area contributed by atoms with Crippen LogP contribution < -0.4 is 4.74 Å². The monoisotopic (exact) mass is 316 g/mol. The van der Waals surface area contributed by atoms with Crippen molar-refractivity contribution in [1.82, 2.24) is 0 Å². The van der Waals surface area contributed by atoms with Crippen molar-refractivity contribution in [3.05, 3.63) is 42.0 Å². The van der Waals surface area contributed by atoms with Crippen LogP contribution in [-0.2, 0) is 0 Å². The Morgan fingerprint density at radius 3 is 2.23 bits per heavy atom. The molecule has 0 unspecified atom stereocenters. The van der Waals surface area contributed by atoms with E-state index in [1.807, 2.05) is 6.08 Å². The summed E-state index contributed by atoms with van der Waals surface area (Å²) < 4.78 is 52.3. The third-order valence-corrected chi connectivity index (χ3v) is 4.04. The third-order valence-electron chi connectivity index (χ3n) is 4.04. The maximum absolute atomic E-state index is 12.1. The molecule has 1 aromatic carbocycles. The summed E-state index contributed by atoms with van der Waals surface area (Å²) in [4.78, 5) is 0. The fraction of sp³-hybridized carbons (Fsp3) is 0.529. The normalized spacial score (nSPS) is 22.9. The topological polar surface area (TPSA) is 9.23 Å². The van der Waals surface area contributed by atoms with Crippen LogP contribution in [0, 0.1) is 5.92 Å². The molecule has 0 heterocycles. The van der Waals surface area contributed by atoms with Crippen LogP contribution >= 0.6 is 0 Å². The quantitative estimate of drug-likeness (QED) is 0.494. The number of benzene rings is 1. The van der Waals surface area contributed by atoms with Crippen LogP contribution in [0.15, 0.2) is 36.4 Å². The number of hydrogen-bond acceptors (Lipinski definition) is 1. The molecule has 0 aromatic heterocycles. The van der Waals surface area contributed by atoms with E-state index >= 15 is 0 Å². The minimum absolute atomic E-state index is 0.181. The first kappa shape index (κ1) is 16.8. The van der Waals surface area contributed by atoms with Gasteiger partial charge in [-0.1, -0.05) is 24.3 Å². The Kier molecular flexibility index (Phi) is 5.86. The molecule has 22 heavy (non-hydrogen) atoms. The van der Waals surface area contributed by atoms with Crippen molar-refractivity contribution >= 4 is 0 Å². The number of allylic oxidation sites excluding steroid dienone is 2. The molecule has 0 bridgehead atoms. The Morgan fingerprint density at radius 2 is 1.68 bits per heavy atom. The lowest BCUT2D eigenvalue weighted by Crippen LogP contribution is -2.17. The highest BCUT2D eigenvalue weighted by atomic mass is 19.4. The summed E-state index contributed by atoms with van der Waals surface area (Å²) in [5.41, 5.74) is 1.06. The van der Waals surface area contributed by atoms with Gasteiger partial charge in [-0.05, 0) is 61.6 Å². The highest BCUT2D eigenvalue weighted by molar-refractivity contribution is 5.30. The first-order valence-corrected chi connectivity index (χ1v) is 7.56. The smallest absolute Gasteiger partial charge is 0.406 e. The van der Waals surface area contributed by atoms with Crippen molar-refractivity contribution in [1.29, 1.82) is 0 Å². The van der Waals surface area contributed by atoms with E-state index in [9.17, 15) is 17.6 Å². The van der Waals surface area contributed by atoms with Crippen molar-refractivity contribution < 1.29 is 22.3 Å². The second kappa shape index (κ2) is 7.65. The third kappa shape index (κ3) is 5.35. The molecule has 0 aliphatic heterocycles. The number of alkyl halides is 4. The van der Waals surface area contributed by atoms with E-state index in [0.717, 1.165) is 31.2 Å². The molecule has 5 heteroatoms. The molecule has 122 valence electrons. The van der Waals surface area contributed by atoms with Gasteiger partial charge in [-0.2, -0.15) is 0 Å². The number of rotatable bonds is 5. The van der Waals surface area contributed by atoms with Crippen molar-refractivity contribution in [2.75, 3.05) is 6.67 Å². The van der Waals surface area contributed by atoms with Gasteiger partial charge in [0.15, 0.2) is 0 Å². The van der Waals surface area contributed by atoms with Gasteiger partial charge in [0, 0.05) is 0 Å². The summed E-state index contributed by atoms with van der Waals surface area (Å²) in [7, 11) is 0. The molecule has 1 aromatic rings. The molecule has 1 nitrogen and oxygen atoms in total. The fourth-order valence-corrected chi connectivity index (χ4v) is 2.94. The number of halogens is 4. The van der Waals surface area contributed by atoms with E-state index in [1.54, 1.807) is 12.1 Å². The Morgan fingerprint density at radius 1 is 1.05 bits per heavy atom. The predicted octanol–water partition coefficient (Wildman–Crippen LogP) is 5.77. The average Bonchev–Trinajstić information content (AvgIpc) is 2.48. The molecule has 2 rings (SSSR count). The lowest BCUT2D eigenvalue weighted by Gasteiger charge is -2.27. The highest BCUT2D eigenvalue weighted by Crippen LogP contribution is 2.37. The van der Waals surface area contributed by atoms with E-state index in [0.29, 0.717) is 18.3 Å². The van der Waals surface area contributed by atoms with Crippen molar-refractivity contribution in [2.45, 2.75) is 44.4 Å². The highest BCUT2D eigenvalue weighted by Gasteiger charge is 2.31. The Hall–Kier alpha value is -1.52. The van der Waals surface area contributed by atoms with E-state index in [1.165, 1.54) is 12.1 Å². The molecule has 1 fully saturated rings. The van der Waals surface area contributed by atoms with Crippen LogP contribution in [0.25, 0.3) is 0 Å². The van der Waals surface area contributed by atoms with Crippen molar-refractivity contribution in [3.63, 3.8) is 0 Å². The zero-order chi connectivity index (χ0) is 16.0. The van der Waals surface area contributed by atoms with Gasteiger partial charge in [-0.25, -0.2) is 0 Å². The molecule has 0 amide bonds. The summed E-state index contributed by atoms with van der Waals surface area (Å²) in [5.74, 6) is 0.695. The zero-order valence-electron chi connectivity index (χ0n) is 12.3. The van der Waals surface area contributed by atoms with Crippen LogP contribution in [0.3, 0.4) is 0 Å². The molecule has 1 saturated carbocycles. The second-order valence-electron chi connectivity index (χ2n) is 5.63. The molecule has 0 atom stereocenters. The number of ether oxygens (including phenoxy) is 1. The van der Waals surface area contributed by atoms with Gasteiger partial charge in [0.2, 0.25) is 0 Å². The minimum atomic E-state index is -4.65. The van der Waals surface area contributed by atoms with Crippen LogP contribution in [0.5, 0.6) is 5.75 Å². The Bertz CT molecular complexity index is 470. The predicted molar refractivity (Wildman–Crippen MR) is 77.6 cm³/mol. The first-order chi connectivity index (χ1) is 10.5. The fourth-order valence-electron chi connectivity index (χ4n) is 2.94. The maximum Gasteiger partial charge on any atom is 0.573 e. The molecule has 0 radical (unpaired) electrons. The van der Waals surface area contributed by atoms with Gasteiger partial charge in [0.05, 0.1) is 6.67 Å². The zero-order valence-corrected chi connectivity index (χ0v) is 12.3. The SMILES string of the molecule is FCC/C=C/C1CCC(c2ccc(OC(F)(F)F)cc2)CC1. The number of hydrogen-bond donors (Lipinski definition) is 0. The summed E-state index contributed by atoms with van der Waals surface area (Å²) in [6.45, 7) is -0.321. The minimum Gasteiger partial charge on any atom is -0.406 e. The largest absolute Gasteiger partial charge is 0.573 e. The summed E-state index contributed by atoms with van der Waals surface area (Å²) in [6, 6.07) is 6.17. The van der Waals surface area contributed by atoms with Crippen LogP contribution in [-0.4, -0.2) is 13.0 Å². The molecule has 0 spiro atoms. The second-order valence-corrected chi connectivity index (χ2v) is 5.63. The van der Waals surface area contributed by atoms with Gasteiger partial charge < -0.3 is 4.74 Å². The molecule has 1 aliphatic rings. The van der Waals surface area contributed by atoms with Gasteiger partial charge in [-0.15, -0.1) is 13.2 Å². The van der Waals surface area contributed by atoms with E-state index in [2.05, 4.69) is 10.8 Å². The molecule has 0 N–H and O–H groups in total. The molecular formula is C17H20F4O. The van der Waals surface area contributed by atoms with E-state index < -0.39 is 6.36 Å². The summed E-state index contributed by atoms with van der Waals surface area (Å²) in [6.07, 6.45) is 3.90. The van der Waals surface area contributed by atoms with Crippen LogP contribution in [0.1, 0.15) is 43.6 Å². The van der Waals surface area contributed by atoms with E-state index in [4.69, 9.17) is 0 Å². The van der Waals surface area contributed by atoms with Gasteiger partial charge in [0.25, 0.3) is 0 Å². The van der Waals surface area contributed by atoms with Gasteiger partial charge in [0.1, 0.15) is 5.75 Å². The van der Waals surface area contributed by atoms with Gasteiger partial charge >= 0.3 is 6.36 Å². The van der Waals surface area contributed by atoms with Crippen LogP contribution in [0.2, 0.25) is 0 Å². The summed E-state index contributed by atoms with van der Waals surface area (Å²) >= 11 is 0. The average molecular weight is 316 g/mol. The van der Waals surface area contributed by atoms with Crippen LogP contribution in [0.4, 0.5) is 17.6 Å². The molecule has 0 saturated heterocycles. The summed E-state index contributed by atoms with van der Waals surface area (Å²) in [5, 5.41) is 0. The molecular weight excluding hydrogens is 296 g/mol. The lowest BCUT2D eigenvalue weighted by atomic mass is 9.78. The standard InChI is InChI=1S/C17H20F4O/c18-12-2-1-3-13-4-6-14(7-5-13)15-8-10-16(11-9-15)22-17(19,20)21/h1,3,8-11,13-14H,2,4-7,12H2/b3-1+. The Labute approximate surface area is 128 Å². The molecule has 1 aliphatic carbocycles. The van der Waals surface area contributed by atoms with E-state index in [-0.39, 0.29) is 12.4 Å². The maximum atomic E-state index is 12.1. The lowest BCUT2D eigenvalue weighted by molar-refractivity contribution is -0.274. The van der Waals surface area contributed by atoms with Crippen molar-refractivity contribution in [2.24, 2.45) is 5.92 Å².